The Bertz CT molecular complexity index is 1050. The van der Waals surface area contributed by atoms with Crippen molar-refractivity contribution in [2.75, 3.05) is 13.2 Å². The number of benzene rings is 3. The summed E-state index contributed by atoms with van der Waals surface area (Å²) < 4.78 is 5.70. The van der Waals surface area contributed by atoms with Crippen LogP contribution in [0.5, 0.6) is 0 Å². The SMILES string of the molecule is O=C(NCC1CCCO1)C(Cc1ccccc1)N(Cc1ccccc1)C(=O)CCc1ccccc1. The quantitative estimate of drug-likeness (QED) is 0.447. The van der Waals surface area contributed by atoms with Crippen LogP contribution in [0.3, 0.4) is 0 Å². The lowest BCUT2D eigenvalue weighted by Gasteiger charge is -2.32. The zero-order valence-electron chi connectivity index (χ0n) is 20.1. The first kappa shape index (κ1) is 24.7. The Morgan fingerprint density at radius 1 is 0.857 bits per heavy atom. The number of carbonyl (C=O) groups is 2. The molecule has 1 heterocycles. The van der Waals surface area contributed by atoms with Gasteiger partial charge in [-0.25, -0.2) is 0 Å². The van der Waals surface area contributed by atoms with E-state index in [0.29, 0.717) is 32.4 Å². The fourth-order valence-corrected chi connectivity index (χ4v) is 4.51. The highest BCUT2D eigenvalue weighted by Crippen LogP contribution is 2.17. The Morgan fingerprint density at radius 2 is 1.46 bits per heavy atom. The molecular weight excluding hydrogens is 436 g/mol. The Morgan fingerprint density at radius 3 is 2.06 bits per heavy atom. The lowest BCUT2D eigenvalue weighted by molar-refractivity contribution is -0.141. The van der Waals surface area contributed by atoms with E-state index in [0.717, 1.165) is 36.1 Å². The van der Waals surface area contributed by atoms with Gasteiger partial charge in [0.1, 0.15) is 6.04 Å². The smallest absolute Gasteiger partial charge is 0.243 e. The second kappa shape index (κ2) is 12.9. The molecule has 2 atom stereocenters. The number of amides is 2. The molecule has 2 unspecified atom stereocenters. The van der Waals surface area contributed by atoms with E-state index in [1.165, 1.54) is 0 Å². The van der Waals surface area contributed by atoms with Gasteiger partial charge in [0.05, 0.1) is 6.10 Å². The molecule has 0 aromatic heterocycles. The zero-order chi connectivity index (χ0) is 24.3. The minimum Gasteiger partial charge on any atom is -0.376 e. The summed E-state index contributed by atoms with van der Waals surface area (Å²) in [6, 6.07) is 29.2. The van der Waals surface area contributed by atoms with Crippen molar-refractivity contribution >= 4 is 11.8 Å². The van der Waals surface area contributed by atoms with Crippen LogP contribution < -0.4 is 5.32 Å². The van der Waals surface area contributed by atoms with Crippen LogP contribution in [0.25, 0.3) is 0 Å². The third-order valence-corrected chi connectivity index (χ3v) is 6.47. The predicted octanol–water partition coefficient (Wildman–Crippen LogP) is 4.55. The van der Waals surface area contributed by atoms with Gasteiger partial charge in [0.15, 0.2) is 0 Å². The second-order valence-electron chi connectivity index (χ2n) is 9.08. The molecule has 0 aliphatic carbocycles. The fraction of sp³-hybridized carbons (Fsp3) is 0.333. The normalized spacial score (nSPS) is 15.9. The molecule has 4 rings (SSSR count). The summed E-state index contributed by atoms with van der Waals surface area (Å²) in [4.78, 5) is 29.0. The van der Waals surface area contributed by atoms with Gasteiger partial charge in [0.25, 0.3) is 0 Å². The first-order valence-electron chi connectivity index (χ1n) is 12.5. The zero-order valence-corrected chi connectivity index (χ0v) is 20.1. The molecule has 0 bridgehead atoms. The van der Waals surface area contributed by atoms with Gasteiger partial charge in [-0.05, 0) is 36.0 Å². The van der Waals surface area contributed by atoms with E-state index in [4.69, 9.17) is 4.74 Å². The average Bonchev–Trinajstić information content (AvgIpc) is 3.43. The van der Waals surface area contributed by atoms with Gasteiger partial charge in [-0.1, -0.05) is 91.0 Å². The summed E-state index contributed by atoms with van der Waals surface area (Å²) in [5, 5.41) is 3.08. The van der Waals surface area contributed by atoms with E-state index in [1.807, 2.05) is 91.0 Å². The largest absolute Gasteiger partial charge is 0.376 e. The molecule has 1 aliphatic rings. The van der Waals surface area contributed by atoms with Crippen molar-refractivity contribution in [3.63, 3.8) is 0 Å². The highest BCUT2D eigenvalue weighted by atomic mass is 16.5. The molecule has 0 spiro atoms. The topological polar surface area (TPSA) is 58.6 Å². The van der Waals surface area contributed by atoms with E-state index in [2.05, 4.69) is 5.32 Å². The first-order chi connectivity index (χ1) is 17.2. The Hall–Kier alpha value is -3.44. The number of rotatable bonds is 11. The maximum absolute atomic E-state index is 13.6. The van der Waals surface area contributed by atoms with E-state index >= 15 is 0 Å². The van der Waals surface area contributed by atoms with Crippen molar-refractivity contribution in [3.8, 4) is 0 Å². The maximum Gasteiger partial charge on any atom is 0.243 e. The summed E-state index contributed by atoms with van der Waals surface area (Å²) >= 11 is 0. The van der Waals surface area contributed by atoms with Crippen LogP contribution in [0.2, 0.25) is 0 Å². The summed E-state index contributed by atoms with van der Waals surface area (Å²) in [6.45, 7) is 1.60. The molecule has 35 heavy (non-hydrogen) atoms. The molecule has 5 heteroatoms. The van der Waals surface area contributed by atoms with Crippen LogP contribution in [0.4, 0.5) is 0 Å². The highest BCUT2D eigenvalue weighted by molar-refractivity contribution is 5.88. The molecular formula is C30H34N2O3. The molecule has 1 saturated heterocycles. The van der Waals surface area contributed by atoms with Crippen molar-refractivity contribution in [2.24, 2.45) is 0 Å². The molecule has 3 aromatic carbocycles. The molecule has 1 fully saturated rings. The second-order valence-corrected chi connectivity index (χ2v) is 9.08. The summed E-state index contributed by atoms with van der Waals surface area (Å²) in [5.74, 6) is -0.153. The van der Waals surface area contributed by atoms with Gasteiger partial charge in [-0.3, -0.25) is 9.59 Å². The molecule has 1 aliphatic heterocycles. The van der Waals surface area contributed by atoms with Crippen LogP contribution in [0.1, 0.15) is 36.0 Å². The summed E-state index contributed by atoms with van der Waals surface area (Å²) in [7, 11) is 0. The third kappa shape index (κ3) is 7.52. The third-order valence-electron chi connectivity index (χ3n) is 6.47. The Balaban J connectivity index is 1.56. The average molecular weight is 471 g/mol. The molecule has 3 aromatic rings. The van der Waals surface area contributed by atoms with Gasteiger partial charge < -0.3 is 15.0 Å². The molecule has 0 radical (unpaired) electrons. The number of aryl methyl sites for hydroxylation is 1. The molecule has 182 valence electrons. The van der Waals surface area contributed by atoms with Gasteiger partial charge in [0.2, 0.25) is 11.8 Å². The van der Waals surface area contributed by atoms with Crippen molar-refractivity contribution in [1.82, 2.24) is 10.2 Å². The summed E-state index contributed by atoms with van der Waals surface area (Å²) in [6.07, 6.45) is 3.47. The number of hydrogen-bond donors (Lipinski definition) is 1. The molecule has 5 nitrogen and oxygen atoms in total. The summed E-state index contributed by atoms with van der Waals surface area (Å²) in [5.41, 5.74) is 3.15. The number of carbonyl (C=O) groups excluding carboxylic acids is 2. The highest BCUT2D eigenvalue weighted by Gasteiger charge is 2.30. The van der Waals surface area contributed by atoms with Crippen molar-refractivity contribution < 1.29 is 14.3 Å². The number of ether oxygens (including phenoxy) is 1. The van der Waals surface area contributed by atoms with Crippen molar-refractivity contribution in [1.29, 1.82) is 0 Å². The van der Waals surface area contributed by atoms with Crippen molar-refractivity contribution in [2.45, 2.75) is 50.8 Å². The lowest BCUT2D eigenvalue weighted by Crippen LogP contribution is -2.51. The van der Waals surface area contributed by atoms with Crippen LogP contribution in [0, 0.1) is 0 Å². The minimum atomic E-state index is -0.609. The monoisotopic (exact) mass is 470 g/mol. The van der Waals surface area contributed by atoms with Crippen LogP contribution >= 0.6 is 0 Å². The number of nitrogens with one attached hydrogen (secondary N) is 1. The molecule has 0 saturated carbocycles. The molecule has 1 N–H and O–H groups in total. The van der Waals surface area contributed by atoms with Crippen LogP contribution in [0.15, 0.2) is 91.0 Å². The standard InChI is InChI=1S/C30H34N2O3/c33-29(19-18-24-11-4-1-5-12-24)32(23-26-15-8-3-9-16-26)28(21-25-13-6-2-7-14-25)30(34)31-22-27-17-10-20-35-27/h1-9,11-16,27-28H,10,17-23H2,(H,31,34). The van der Waals surface area contributed by atoms with Gasteiger partial charge in [0, 0.05) is 32.5 Å². The lowest BCUT2D eigenvalue weighted by atomic mass is 10.0. The Labute approximate surface area is 208 Å². The minimum absolute atomic E-state index is 0.0223. The van der Waals surface area contributed by atoms with Gasteiger partial charge in [-0.15, -0.1) is 0 Å². The van der Waals surface area contributed by atoms with E-state index in [9.17, 15) is 9.59 Å². The van der Waals surface area contributed by atoms with E-state index in [1.54, 1.807) is 4.90 Å². The number of hydrogen-bond acceptors (Lipinski definition) is 3. The van der Waals surface area contributed by atoms with E-state index in [-0.39, 0.29) is 17.9 Å². The first-order valence-corrected chi connectivity index (χ1v) is 12.5. The van der Waals surface area contributed by atoms with Crippen LogP contribution in [-0.4, -0.2) is 42.0 Å². The van der Waals surface area contributed by atoms with E-state index < -0.39 is 6.04 Å². The van der Waals surface area contributed by atoms with Gasteiger partial charge >= 0.3 is 0 Å². The Kier molecular flexibility index (Phi) is 9.07. The predicted molar refractivity (Wildman–Crippen MR) is 138 cm³/mol. The number of nitrogens with zero attached hydrogens (tertiary/aromatic N) is 1. The fourth-order valence-electron chi connectivity index (χ4n) is 4.51. The van der Waals surface area contributed by atoms with Crippen LogP contribution in [-0.2, 0) is 33.7 Å². The maximum atomic E-state index is 13.6. The van der Waals surface area contributed by atoms with Gasteiger partial charge in [-0.2, -0.15) is 0 Å². The molecule has 2 amide bonds. The van der Waals surface area contributed by atoms with Crippen molar-refractivity contribution in [3.05, 3.63) is 108 Å².